The maximum Gasteiger partial charge on any atom is 0.338 e. The number of hydrogen-bond donors (Lipinski definition) is 1. The van der Waals surface area contributed by atoms with Gasteiger partial charge in [-0.15, -0.1) is 11.3 Å². The van der Waals surface area contributed by atoms with E-state index < -0.39 is 12.0 Å². The van der Waals surface area contributed by atoms with Crippen molar-refractivity contribution in [3.8, 4) is 11.5 Å². The fourth-order valence-electron chi connectivity index (χ4n) is 4.56. The Morgan fingerprint density at radius 1 is 1.08 bits per heavy atom. The number of carbonyl (C=O) groups excluding carboxylic acids is 3. The molecule has 0 spiro atoms. The van der Waals surface area contributed by atoms with Gasteiger partial charge < -0.3 is 24.4 Å². The van der Waals surface area contributed by atoms with Crippen molar-refractivity contribution in [3.05, 3.63) is 57.4 Å². The van der Waals surface area contributed by atoms with Crippen LogP contribution in [0.5, 0.6) is 11.5 Å². The summed E-state index contributed by atoms with van der Waals surface area (Å²) in [7, 11) is 4.72. The third kappa shape index (κ3) is 5.57. The third-order valence-corrected chi connectivity index (χ3v) is 7.44. The Hall–Kier alpha value is -3.57. The smallest absolute Gasteiger partial charge is 0.338 e. The molecule has 4 rings (SSSR count). The zero-order valence-corrected chi connectivity index (χ0v) is 22.3. The molecular weight excluding hydrogens is 496 g/mol. The van der Waals surface area contributed by atoms with Crippen molar-refractivity contribution in [1.82, 2.24) is 20.0 Å². The van der Waals surface area contributed by atoms with Gasteiger partial charge in [-0.25, -0.2) is 9.59 Å². The monoisotopic (exact) mass is 528 g/mol. The van der Waals surface area contributed by atoms with Gasteiger partial charge in [0.15, 0.2) is 11.5 Å². The summed E-state index contributed by atoms with van der Waals surface area (Å²) < 4.78 is 16.2. The molecule has 1 fully saturated rings. The summed E-state index contributed by atoms with van der Waals surface area (Å²) in [4.78, 5) is 45.2. The van der Waals surface area contributed by atoms with E-state index in [-0.39, 0.29) is 18.5 Å². The number of piperazine rings is 1. The van der Waals surface area contributed by atoms with Crippen molar-refractivity contribution >= 4 is 29.2 Å². The fourth-order valence-corrected chi connectivity index (χ4v) is 5.25. The number of rotatable bonds is 8. The van der Waals surface area contributed by atoms with E-state index in [2.05, 4.69) is 10.2 Å². The Bertz CT molecular complexity index is 1170. The van der Waals surface area contributed by atoms with E-state index in [0.29, 0.717) is 61.1 Å². The van der Waals surface area contributed by atoms with Crippen LogP contribution in [0.25, 0.3) is 0 Å². The standard InChI is InChI=1S/C26H32N4O6S/c1-5-36-25(32)22-18(16-29-10-12-30(13-11-29)24(31)21-7-6-14-37-21)28(2)26(33)27-23(22)17-8-9-19(34-3)20(15-17)35-4/h6-9,14-15,23H,5,10-13,16H2,1-4H3,(H,27,33)/t23-/m1/s1. The molecule has 1 aromatic carbocycles. The molecule has 0 radical (unpaired) electrons. The second-order valence-electron chi connectivity index (χ2n) is 8.68. The van der Waals surface area contributed by atoms with Crippen LogP contribution in [-0.4, -0.2) is 93.2 Å². The van der Waals surface area contributed by atoms with Crippen molar-refractivity contribution in [3.63, 3.8) is 0 Å². The van der Waals surface area contributed by atoms with Gasteiger partial charge in [-0.2, -0.15) is 0 Å². The molecule has 0 aliphatic carbocycles. The zero-order chi connectivity index (χ0) is 26.5. The van der Waals surface area contributed by atoms with Crippen molar-refractivity contribution in [1.29, 1.82) is 0 Å². The van der Waals surface area contributed by atoms with Crippen LogP contribution in [0.3, 0.4) is 0 Å². The topological polar surface area (TPSA) is 101 Å². The summed E-state index contributed by atoms with van der Waals surface area (Å²) in [5.74, 6) is 0.575. The largest absolute Gasteiger partial charge is 0.493 e. The van der Waals surface area contributed by atoms with Gasteiger partial charge in [0.05, 0.1) is 37.3 Å². The average molecular weight is 529 g/mol. The summed E-state index contributed by atoms with van der Waals surface area (Å²) in [6.45, 7) is 4.68. The molecule has 1 aromatic heterocycles. The highest BCUT2D eigenvalue weighted by Gasteiger charge is 2.38. The second-order valence-corrected chi connectivity index (χ2v) is 9.63. The number of nitrogens with one attached hydrogen (secondary N) is 1. The van der Waals surface area contributed by atoms with Crippen LogP contribution >= 0.6 is 11.3 Å². The lowest BCUT2D eigenvalue weighted by atomic mass is 9.94. The number of amides is 3. The highest BCUT2D eigenvalue weighted by molar-refractivity contribution is 7.12. The summed E-state index contributed by atoms with van der Waals surface area (Å²) in [6.07, 6.45) is 0. The van der Waals surface area contributed by atoms with Crippen LogP contribution in [-0.2, 0) is 9.53 Å². The lowest BCUT2D eigenvalue weighted by Gasteiger charge is -2.39. The number of ether oxygens (including phenoxy) is 3. The van der Waals surface area contributed by atoms with E-state index in [0.717, 1.165) is 4.88 Å². The molecule has 3 amide bonds. The average Bonchev–Trinajstić information content (AvgIpc) is 3.46. The van der Waals surface area contributed by atoms with Crippen LogP contribution in [0.4, 0.5) is 4.79 Å². The summed E-state index contributed by atoms with van der Waals surface area (Å²) >= 11 is 1.43. The first-order valence-corrected chi connectivity index (χ1v) is 13.0. The SMILES string of the molecule is CCOC(=O)C1=C(CN2CCN(C(=O)c3cccs3)CC2)N(C)C(=O)N[C@@H]1c1ccc(OC)c(OC)c1. The Morgan fingerprint density at radius 2 is 1.81 bits per heavy atom. The first kappa shape index (κ1) is 26.5. The molecular formula is C26H32N4O6S. The molecule has 2 aromatic rings. The van der Waals surface area contributed by atoms with Gasteiger partial charge >= 0.3 is 12.0 Å². The minimum absolute atomic E-state index is 0.0313. The van der Waals surface area contributed by atoms with Gasteiger partial charge in [0.25, 0.3) is 5.91 Å². The van der Waals surface area contributed by atoms with Gasteiger partial charge in [0.2, 0.25) is 0 Å². The molecule has 198 valence electrons. The molecule has 0 saturated carbocycles. The number of urea groups is 1. The van der Waals surface area contributed by atoms with Crippen LogP contribution in [0.15, 0.2) is 47.0 Å². The predicted molar refractivity (Wildman–Crippen MR) is 139 cm³/mol. The Kier molecular flexibility index (Phi) is 8.34. The van der Waals surface area contributed by atoms with Gasteiger partial charge in [0, 0.05) is 45.5 Å². The van der Waals surface area contributed by atoms with Gasteiger partial charge in [0.1, 0.15) is 0 Å². The minimum Gasteiger partial charge on any atom is -0.493 e. The van der Waals surface area contributed by atoms with E-state index in [1.807, 2.05) is 22.4 Å². The van der Waals surface area contributed by atoms with Gasteiger partial charge in [-0.3, -0.25) is 14.6 Å². The van der Waals surface area contributed by atoms with Gasteiger partial charge in [-0.1, -0.05) is 12.1 Å². The normalized spacial score (nSPS) is 18.5. The number of nitrogens with zero attached hydrogens (tertiary/aromatic N) is 3. The summed E-state index contributed by atoms with van der Waals surface area (Å²) in [5, 5.41) is 4.82. The number of benzene rings is 1. The number of carbonyl (C=O) groups is 3. The summed E-state index contributed by atoms with van der Waals surface area (Å²) in [6, 6.07) is 7.94. The Labute approximate surface area is 220 Å². The third-order valence-electron chi connectivity index (χ3n) is 6.58. The predicted octanol–water partition coefficient (Wildman–Crippen LogP) is 2.74. The van der Waals surface area contributed by atoms with Crippen molar-refractivity contribution in [2.24, 2.45) is 0 Å². The Morgan fingerprint density at radius 3 is 2.43 bits per heavy atom. The van der Waals surface area contributed by atoms with Crippen LogP contribution in [0, 0.1) is 0 Å². The number of likely N-dealkylation sites (N-methyl/N-ethyl adjacent to an activating group) is 1. The van der Waals surface area contributed by atoms with Crippen LogP contribution < -0.4 is 14.8 Å². The molecule has 1 atom stereocenters. The molecule has 0 unspecified atom stereocenters. The van der Waals surface area contributed by atoms with E-state index in [9.17, 15) is 14.4 Å². The quantitative estimate of drug-likeness (QED) is 0.526. The van der Waals surface area contributed by atoms with Crippen molar-refractivity contribution < 1.29 is 28.6 Å². The van der Waals surface area contributed by atoms with Crippen molar-refractivity contribution in [2.75, 3.05) is 60.6 Å². The Balaban J connectivity index is 1.62. The minimum atomic E-state index is -0.723. The molecule has 2 aliphatic heterocycles. The highest BCUT2D eigenvalue weighted by atomic mass is 32.1. The first-order chi connectivity index (χ1) is 17.9. The highest BCUT2D eigenvalue weighted by Crippen LogP contribution is 2.36. The molecule has 11 heteroatoms. The van der Waals surface area contributed by atoms with E-state index in [1.54, 1.807) is 39.3 Å². The van der Waals surface area contributed by atoms with Crippen LogP contribution in [0.2, 0.25) is 0 Å². The molecule has 1 saturated heterocycles. The van der Waals surface area contributed by atoms with E-state index >= 15 is 0 Å². The van der Waals surface area contributed by atoms with Crippen LogP contribution in [0.1, 0.15) is 28.2 Å². The second kappa shape index (κ2) is 11.7. The number of thiophene rings is 1. The molecule has 2 aliphatic rings. The molecule has 37 heavy (non-hydrogen) atoms. The number of esters is 1. The van der Waals surface area contributed by atoms with E-state index in [1.165, 1.54) is 23.3 Å². The maximum absolute atomic E-state index is 13.3. The zero-order valence-electron chi connectivity index (χ0n) is 21.5. The molecule has 1 N–H and O–H groups in total. The molecule has 0 bridgehead atoms. The lowest BCUT2D eigenvalue weighted by molar-refractivity contribution is -0.139. The lowest BCUT2D eigenvalue weighted by Crippen LogP contribution is -2.53. The molecule has 3 heterocycles. The fraction of sp³-hybridized carbons (Fsp3) is 0.423. The number of hydrogen-bond acceptors (Lipinski definition) is 8. The maximum atomic E-state index is 13.3. The number of methoxy groups -OCH3 is 2. The summed E-state index contributed by atoms with van der Waals surface area (Å²) in [5.41, 5.74) is 1.61. The van der Waals surface area contributed by atoms with Crippen molar-refractivity contribution in [2.45, 2.75) is 13.0 Å². The van der Waals surface area contributed by atoms with E-state index in [4.69, 9.17) is 14.2 Å². The van der Waals surface area contributed by atoms with Gasteiger partial charge in [-0.05, 0) is 36.1 Å². The first-order valence-electron chi connectivity index (χ1n) is 12.1. The molecule has 10 nitrogen and oxygen atoms in total.